The quantitative estimate of drug-likeness (QED) is 0.788. The van der Waals surface area contributed by atoms with Gasteiger partial charge in [0, 0.05) is 11.9 Å². The van der Waals surface area contributed by atoms with Crippen LogP contribution in [0.2, 0.25) is 0 Å². The zero-order valence-electron chi connectivity index (χ0n) is 7.86. The van der Waals surface area contributed by atoms with E-state index in [1.165, 1.54) is 6.20 Å². The van der Waals surface area contributed by atoms with Crippen molar-refractivity contribution in [3.8, 4) is 0 Å². The smallest absolute Gasteiger partial charge is 0.264 e. The highest BCUT2D eigenvalue weighted by molar-refractivity contribution is 7.07. The maximum Gasteiger partial charge on any atom is 0.264 e. The summed E-state index contributed by atoms with van der Waals surface area (Å²) in [7, 11) is 0. The summed E-state index contributed by atoms with van der Waals surface area (Å²) in [6.07, 6.45) is 3.26. The maximum absolute atomic E-state index is 11.5. The van der Waals surface area contributed by atoms with Crippen LogP contribution >= 0.6 is 23.1 Å². The normalized spacial score (nSPS) is 12.4. The number of alkyl halides is 1. The van der Waals surface area contributed by atoms with E-state index in [-0.39, 0.29) is 11.9 Å². The molecule has 0 aliphatic rings. The molecule has 1 rings (SSSR count). The average molecular weight is 234 g/mol. The van der Waals surface area contributed by atoms with Gasteiger partial charge in [-0.05, 0) is 31.3 Å². The first kappa shape index (κ1) is 11.4. The van der Waals surface area contributed by atoms with Crippen LogP contribution in [0, 0.1) is 0 Å². The van der Waals surface area contributed by atoms with Crippen LogP contribution in [0.25, 0.3) is 0 Å². The number of carbonyl (C=O) groups is 1. The Hall–Kier alpha value is -0.680. The summed E-state index contributed by atoms with van der Waals surface area (Å²) in [4.78, 5) is 12.0. The van der Waals surface area contributed by atoms with E-state index in [0.717, 1.165) is 24.4 Å². The van der Waals surface area contributed by atoms with Gasteiger partial charge >= 0.3 is 0 Å². The Morgan fingerprint density at radius 2 is 2.57 bits per heavy atom. The second kappa shape index (κ2) is 5.93. The highest BCUT2D eigenvalue weighted by Crippen LogP contribution is 2.04. The number of nitrogens with zero attached hydrogens (tertiary/aromatic N) is 2. The van der Waals surface area contributed by atoms with Crippen molar-refractivity contribution in [2.24, 2.45) is 0 Å². The average Bonchev–Trinajstić information content (AvgIpc) is 2.67. The number of carbonyl (C=O) groups excluding carboxylic acids is 1. The van der Waals surface area contributed by atoms with Crippen LogP contribution in [0.1, 0.15) is 29.4 Å². The van der Waals surface area contributed by atoms with E-state index in [4.69, 9.17) is 11.6 Å². The monoisotopic (exact) mass is 233 g/mol. The van der Waals surface area contributed by atoms with Crippen LogP contribution in [-0.2, 0) is 0 Å². The fraction of sp³-hybridized carbons (Fsp3) is 0.625. The summed E-state index contributed by atoms with van der Waals surface area (Å²) in [5.74, 6) is 0.518. The van der Waals surface area contributed by atoms with Crippen LogP contribution < -0.4 is 5.32 Å². The summed E-state index contributed by atoms with van der Waals surface area (Å²) in [6, 6.07) is 0.142. The SMILES string of the molecule is CC(CCCCl)NC(=O)c1cnns1. The molecule has 0 radical (unpaired) electrons. The van der Waals surface area contributed by atoms with Crippen LogP contribution in [-0.4, -0.2) is 27.4 Å². The lowest BCUT2D eigenvalue weighted by Crippen LogP contribution is -2.32. The Bertz CT molecular complexity index is 278. The molecule has 0 fully saturated rings. The zero-order chi connectivity index (χ0) is 10.4. The van der Waals surface area contributed by atoms with Crippen molar-refractivity contribution in [2.75, 3.05) is 5.88 Å². The second-order valence-corrected chi connectivity index (χ2v) is 4.15. The zero-order valence-corrected chi connectivity index (χ0v) is 9.44. The molecule has 1 aromatic rings. The van der Waals surface area contributed by atoms with Crippen molar-refractivity contribution < 1.29 is 4.79 Å². The molecule has 1 atom stereocenters. The second-order valence-electron chi connectivity index (χ2n) is 2.99. The van der Waals surface area contributed by atoms with Crippen molar-refractivity contribution in [3.63, 3.8) is 0 Å². The van der Waals surface area contributed by atoms with E-state index in [2.05, 4.69) is 14.9 Å². The van der Waals surface area contributed by atoms with Crippen LogP contribution in [0.3, 0.4) is 0 Å². The molecule has 6 heteroatoms. The standard InChI is InChI=1S/C8H12ClN3OS/c1-6(3-2-4-9)11-8(13)7-5-10-12-14-7/h5-6H,2-4H2,1H3,(H,11,13). The molecule has 0 bridgehead atoms. The molecule has 1 heterocycles. The molecule has 0 aromatic carbocycles. The highest BCUT2D eigenvalue weighted by atomic mass is 35.5. The number of hydrogen-bond acceptors (Lipinski definition) is 4. The number of amides is 1. The van der Waals surface area contributed by atoms with E-state index >= 15 is 0 Å². The molecule has 1 unspecified atom stereocenters. The van der Waals surface area contributed by atoms with E-state index in [1.807, 2.05) is 6.92 Å². The predicted octanol–water partition coefficient (Wildman–Crippen LogP) is 1.68. The van der Waals surface area contributed by atoms with Gasteiger partial charge in [-0.1, -0.05) is 4.49 Å². The molecule has 0 aliphatic heterocycles. The van der Waals surface area contributed by atoms with Gasteiger partial charge in [-0.2, -0.15) is 0 Å². The van der Waals surface area contributed by atoms with Gasteiger partial charge in [0.25, 0.3) is 5.91 Å². The molecule has 1 N–H and O–H groups in total. The number of halogens is 1. The fourth-order valence-corrected chi connectivity index (χ4v) is 1.59. The lowest BCUT2D eigenvalue weighted by molar-refractivity contribution is 0.0942. The van der Waals surface area contributed by atoms with Gasteiger partial charge in [0.15, 0.2) is 0 Å². The molecule has 0 saturated heterocycles. The summed E-state index contributed by atoms with van der Waals surface area (Å²) >= 11 is 6.65. The Labute approximate surface area is 91.8 Å². The van der Waals surface area contributed by atoms with E-state index < -0.39 is 0 Å². The number of aromatic nitrogens is 2. The number of hydrogen-bond donors (Lipinski definition) is 1. The van der Waals surface area contributed by atoms with Crippen molar-refractivity contribution in [1.29, 1.82) is 0 Å². The Kier molecular flexibility index (Phi) is 4.82. The molecule has 14 heavy (non-hydrogen) atoms. The van der Waals surface area contributed by atoms with Crippen LogP contribution in [0.4, 0.5) is 0 Å². The molecule has 0 saturated carbocycles. The largest absolute Gasteiger partial charge is 0.349 e. The van der Waals surface area contributed by atoms with Crippen molar-refractivity contribution in [1.82, 2.24) is 14.9 Å². The molecule has 0 aliphatic carbocycles. The molecule has 78 valence electrons. The van der Waals surface area contributed by atoms with Gasteiger partial charge in [0.2, 0.25) is 0 Å². The lowest BCUT2D eigenvalue weighted by atomic mass is 10.2. The van der Waals surface area contributed by atoms with Crippen LogP contribution in [0.5, 0.6) is 0 Å². The first-order valence-corrected chi connectivity index (χ1v) is 5.69. The third-order valence-corrected chi connectivity index (χ3v) is 2.66. The third kappa shape index (κ3) is 3.59. The number of rotatable bonds is 5. The van der Waals surface area contributed by atoms with Gasteiger partial charge in [-0.15, -0.1) is 16.7 Å². The van der Waals surface area contributed by atoms with Crippen LogP contribution in [0.15, 0.2) is 6.20 Å². The fourth-order valence-electron chi connectivity index (χ4n) is 1.02. The summed E-state index contributed by atoms with van der Waals surface area (Å²) in [5, 5.41) is 6.45. The molecule has 0 spiro atoms. The Morgan fingerprint density at radius 3 is 3.14 bits per heavy atom. The first-order valence-electron chi connectivity index (χ1n) is 4.38. The molecular weight excluding hydrogens is 222 g/mol. The number of nitrogens with one attached hydrogen (secondary N) is 1. The topological polar surface area (TPSA) is 54.9 Å². The third-order valence-electron chi connectivity index (χ3n) is 1.73. The highest BCUT2D eigenvalue weighted by Gasteiger charge is 2.11. The van der Waals surface area contributed by atoms with Gasteiger partial charge in [-0.25, -0.2) is 0 Å². The minimum atomic E-state index is -0.109. The van der Waals surface area contributed by atoms with Gasteiger partial charge in [0.05, 0.1) is 6.20 Å². The maximum atomic E-state index is 11.5. The molecular formula is C8H12ClN3OS. The summed E-state index contributed by atoms with van der Waals surface area (Å²) in [5.41, 5.74) is 0. The van der Waals surface area contributed by atoms with Gasteiger partial charge < -0.3 is 5.32 Å². The van der Waals surface area contributed by atoms with E-state index in [1.54, 1.807) is 0 Å². The summed E-state index contributed by atoms with van der Waals surface area (Å²) < 4.78 is 3.62. The summed E-state index contributed by atoms with van der Waals surface area (Å²) in [6.45, 7) is 1.96. The van der Waals surface area contributed by atoms with E-state index in [0.29, 0.717) is 10.8 Å². The molecule has 1 amide bonds. The molecule has 1 aromatic heterocycles. The van der Waals surface area contributed by atoms with Crippen molar-refractivity contribution in [3.05, 3.63) is 11.1 Å². The van der Waals surface area contributed by atoms with Crippen molar-refractivity contribution >= 4 is 29.0 Å². The minimum absolute atomic E-state index is 0.109. The Morgan fingerprint density at radius 1 is 1.79 bits per heavy atom. The van der Waals surface area contributed by atoms with Gasteiger partial charge in [0.1, 0.15) is 4.88 Å². The lowest BCUT2D eigenvalue weighted by Gasteiger charge is -2.11. The predicted molar refractivity (Wildman–Crippen MR) is 56.8 cm³/mol. The first-order chi connectivity index (χ1) is 6.74. The molecule has 4 nitrogen and oxygen atoms in total. The van der Waals surface area contributed by atoms with Crippen molar-refractivity contribution in [2.45, 2.75) is 25.8 Å². The van der Waals surface area contributed by atoms with E-state index in [9.17, 15) is 4.79 Å². The van der Waals surface area contributed by atoms with Gasteiger partial charge in [-0.3, -0.25) is 4.79 Å². The minimum Gasteiger partial charge on any atom is -0.349 e. The Balaban J connectivity index is 2.34.